The molecule has 7 nitrogen and oxygen atoms in total. The van der Waals surface area contributed by atoms with Crippen molar-refractivity contribution in [1.82, 2.24) is 0 Å². The highest BCUT2D eigenvalue weighted by Crippen LogP contribution is 2.39. The van der Waals surface area contributed by atoms with Gasteiger partial charge >= 0.3 is 5.97 Å². The van der Waals surface area contributed by atoms with Crippen LogP contribution in [0.2, 0.25) is 36.3 Å². The lowest BCUT2D eigenvalue weighted by molar-refractivity contribution is -0.170. The van der Waals surface area contributed by atoms with Gasteiger partial charge in [0.1, 0.15) is 18.3 Å². The first kappa shape index (κ1) is 28.4. The summed E-state index contributed by atoms with van der Waals surface area (Å²) >= 11 is 0. The predicted molar refractivity (Wildman–Crippen MR) is 119 cm³/mol. The largest absolute Gasteiger partial charge is 0.457 e. The molecule has 2 N–H and O–H groups in total. The lowest BCUT2D eigenvalue weighted by Gasteiger charge is -2.43. The van der Waals surface area contributed by atoms with Crippen molar-refractivity contribution < 1.29 is 33.4 Å². The standard InChI is InChI=1S/C20H42O7Si2/c1-14(22)26-17(16(24)13-25-28(8,9)19(2,3)4)18(15(23)12-21)27-29(10,11)20(5,6)7/h12,15-18,23-24H,13H2,1-11H3/t15-,16+,17+,18+/m0/s1. The van der Waals surface area contributed by atoms with Crippen molar-refractivity contribution in [3.63, 3.8) is 0 Å². The third-order valence-electron chi connectivity index (χ3n) is 6.14. The summed E-state index contributed by atoms with van der Waals surface area (Å²) in [5.41, 5.74) is 0. The molecule has 0 saturated carbocycles. The molecule has 0 rings (SSSR count). The summed E-state index contributed by atoms with van der Waals surface area (Å²) in [6.07, 6.45) is -4.87. The Labute approximate surface area is 178 Å². The first-order valence-corrected chi connectivity index (χ1v) is 15.9. The van der Waals surface area contributed by atoms with Gasteiger partial charge in [0.25, 0.3) is 0 Å². The van der Waals surface area contributed by atoms with Gasteiger partial charge in [0, 0.05) is 6.92 Å². The third kappa shape index (κ3) is 8.22. The van der Waals surface area contributed by atoms with E-state index in [0.717, 1.165) is 0 Å². The van der Waals surface area contributed by atoms with Gasteiger partial charge in [0.2, 0.25) is 0 Å². The van der Waals surface area contributed by atoms with Gasteiger partial charge in [-0.05, 0) is 36.3 Å². The number of hydrogen-bond acceptors (Lipinski definition) is 7. The maximum Gasteiger partial charge on any atom is 0.303 e. The van der Waals surface area contributed by atoms with Crippen LogP contribution < -0.4 is 0 Å². The smallest absolute Gasteiger partial charge is 0.303 e. The van der Waals surface area contributed by atoms with Crippen LogP contribution in [0.15, 0.2) is 0 Å². The van der Waals surface area contributed by atoms with E-state index in [9.17, 15) is 19.8 Å². The lowest BCUT2D eigenvalue weighted by atomic mass is 10.0. The number of ether oxygens (including phenoxy) is 1. The van der Waals surface area contributed by atoms with Crippen LogP contribution >= 0.6 is 0 Å². The summed E-state index contributed by atoms with van der Waals surface area (Å²) in [4.78, 5) is 23.1. The zero-order chi connectivity index (χ0) is 23.4. The zero-order valence-corrected chi connectivity index (χ0v) is 22.0. The van der Waals surface area contributed by atoms with Gasteiger partial charge in [0.15, 0.2) is 29.0 Å². The fourth-order valence-electron chi connectivity index (χ4n) is 2.09. The van der Waals surface area contributed by atoms with E-state index < -0.39 is 47.0 Å². The molecule has 29 heavy (non-hydrogen) atoms. The molecular weight excluding hydrogens is 408 g/mol. The van der Waals surface area contributed by atoms with Crippen LogP contribution in [0.1, 0.15) is 48.5 Å². The normalized spacial score (nSPS) is 18.0. The molecule has 172 valence electrons. The Morgan fingerprint density at radius 3 is 1.72 bits per heavy atom. The summed E-state index contributed by atoms with van der Waals surface area (Å²) in [5, 5.41) is 20.9. The quantitative estimate of drug-likeness (QED) is 0.299. The van der Waals surface area contributed by atoms with Crippen molar-refractivity contribution in [2.45, 2.75) is 109 Å². The Balaban J connectivity index is 5.79. The average molecular weight is 451 g/mol. The molecule has 0 unspecified atom stereocenters. The number of aldehydes is 1. The molecule has 0 fully saturated rings. The van der Waals surface area contributed by atoms with Gasteiger partial charge in [-0.25, -0.2) is 0 Å². The molecule has 0 aliphatic heterocycles. The molecular formula is C20H42O7Si2. The Bertz CT molecular complexity index is 550. The molecule has 0 saturated heterocycles. The minimum atomic E-state index is -2.45. The van der Waals surface area contributed by atoms with Crippen molar-refractivity contribution in [3.8, 4) is 0 Å². The van der Waals surface area contributed by atoms with E-state index >= 15 is 0 Å². The van der Waals surface area contributed by atoms with Crippen LogP contribution in [-0.2, 0) is 23.2 Å². The molecule has 0 amide bonds. The van der Waals surface area contributed by atoms with Crippen LogP contribution in [0.25, 0.3) is 0 Å². The third-order valence-corrected chi connectivity index (χ3v) is 15.1. The molecule has 4 atom stereocenters. The molecule has 0 aromatic carbocycles. The number of esters is 1. The van der Waals surface area contributed by atoms with Crippen LogP contribution in [0.3, 0.4) is 0 Å². The summed E-state index contributed by atoms with van der Waals surface area (Å²) in [6, 6.07) is 0. The summed E-state index contributed by atoms with van der Waals surface area (Å²) in [7, 11) is -4.61. The van der Waals surface area contributed by atoms with Crippen LogP contribution in [0, 0.1) is 0 Å². The van der Waals surface area contributed by atoms with Crippen LogP contribution in [0.5, 0.6) is 0 Å². The molecule has 0 spiro atoms. The summed E-state index contributed by atoms with van der Waals surface area (Å²) in [5.74, 6) is -0.636. The van der Waals surface area contributed by atoms with E-state index in [2.05, 4.69) is 20.8 Å². The van der Waals surface area contributed by atoms with E-state index in [4.69, 9.17) is 13.6 Å². The van der Waals surface area contributed by atoms with E-state index in [1.54, 1.807) is 0 Å². The molecule has 0 aromatic rings. The number of carbonyl (C=O) groups is 2. The van der Waals surface area contributed by atoms with Gasteiger partial charge in [-0.15, -0.1) is 0 Å². The van der Waals surface area contributed by atoms with Crippen molar-refractivity contribution in [1.29, 1.82) is 0 Å². The minimum absolute atomic E-state index is 0.0665. The second kappa shape index (κ2) is 10.1. The van der Waals surface area contributed by atoms with Gasteiger partial charge in [-0.3, -0.25) is 4.79 Å². The van der Waals surface area contributed by atoms with Gasteiger partial charge in [0.05, 0.1) is 6.61 Å². The molecule has 0 aliphatic rings. The Morgan fingerprint density at radius 2 is 1.38 bits per heavy atom. The maximum atomic E-state index is 11.7. The van der Waals surface area contributed by atoms with E-state index in [1.165, 1.54) is 6.92 Å². The first-order valence-electron chi connectivity index (χ1n) is 10.1. The highest BCUT2D eigenvalue weighted by atomic mass is 28.4. The first-order chi connectivity index (χ1) is 12.8. The summed E-state index contributed by atoms with van der Waals surface area (Å²) < 4.78 is 17.6. The second-order valence-electron chi connectivity index (χ2n) is 10.7. The Morgan fingerprint density at radius 1 is 0.931 bits per heavy atom. The van der Waals surface area contributed by atoms with E-state index in [1.807, 2.05) is 47.0 Å². The fraction of sp³-hybridized carbons (Fsp3) is 0.900. The number of rotatable bonds is 10. The molecule has 0 bridgehead atoms. The predicted octanol–water partition coefficient (Wildman–Crippen LogP) is 3.25. The minimum Gasteiger partial charge on any atom is -0.457 e. The number of hydrogen-bond donors (Lipinski definition) is 2. The van der Waals surface area contributed by atoms with Crippen LogP contribution in [0.4, 0.5) is 0 Å². The maximum absolute atomic E-state index is 11.7. The highest BCUT2D eigenvalue weighted by molar-refractivity contribution is 6.74. The molecule has 0 aliphatic carbocycles. The zero-order valence-electron chi connectivity index (χ0n) is 20.0. The van der Waals surface area contributed by atoms with Crippen molar-refractivity contribution in [3.05, 3.63) is 0 Å². The number of aliphatic hydroxyl groups excluding tert-OH is 2. The molecule has 9 heteroatoms. The van der Waals surface area contributed by atoms with Gasteiger partial charge in [-0.1, -0.05) is 41.5 Å². The second-order valence-corrected chi connectivity index (χ2v) is 20.2. The number of carbonyl (C=O) groups excluding carboxylic acids is 2. The lowest BCUT2D eigenvalue weighted by Crippen LogP contribution is -2.57. The van der Waals surface area contributed by atoms with E-state index in [-0.39, 0.29) is 16.7 Å². The molecule has 0 radical (unpaired) electrons. The monoisotopic (exact) mass is 450 g/mol. The summed E-state index contributed by atoms with van der Waals surface area (Å²) in [6.45, 7) is 21.4. The highest BCUT2D eigenvalue weighted by Gasteiger charge is 2.46. The SMILES string of the molecule is CC(=O)O[C@@H]([C@H](O[Si](C)(C)C(C)(C)C)[C@@H](O)C=O)[C@H](O)CO[Si](C)(C)C(C)(C)C. The van der Waals surface area contributed by atoms with Crippen LogP contribution in [-0.4, -0.2) is 70.1 Å². The number of aliphatic hydroxyl groups is 2. The van der Waals surface area contributed by atoms with E-state index in [0.29, 0.717) is 6.29 Å². The topological polar surface area (TPSA) is 102 Å². The van der Waals surface area contributed by atoms with Crippen molar-refractivity contribution >= 4 is 28.9 Å². The van der Waals surface area contributed by atoms with Gasteiger partial charge < -0.3 is 28.6 Å². The average Bonchev–Trinajstić information content (AvgIpc) is 2.52. The fourth-order valence-corrected chi connectivity index (χ4v) is 4.41. The van der Waals surface area contributed by atoms with Crippen molar-refractivity contribution in [2.24, 2.45) is 0 Å². The Kier molecular flexibility index (Phi) is 9.94. The molecule has 0 heterocycles. The van der Waals surface area contributed by atoms with Crippen molar-refractivity contribution in [2.75, 3.05) is 6.61 Å². The Hall–Kier alpha value is -0.586. The molecule has 0 aromatic heterocycles. The van der Waals surface area contributed by atoms with Gasteiger partial charge in [-0.2, -0.15) is 0 Å².